The van der Waals surface area contributed by atoms with Crippen LogP contribution < -0.4 is 11.1 Å². The van der Waals surface area contributed by atoms with Crippen molar-refractivity contribution in [1.29, 1.82) is 0 Å². The van der Waals surface area contributed by atoms with Gasteiger partial charge in [0, 0.05) is 7.05 Å². The number of nitrogens with one attached hydrogen (secondary N) is 1. The fraction of sp³-hybridized carbons (Fsp3) is 0.333. The van der Waals surface area contributed by atoms with E-state index < -0.39 is 0 Å². The Kier molecular flexibility index (Phi) is 1.50. The van der Waals surface area contributed by atoms with E-state index in [4.69, 9.17) is 5.73 Å². The third-order valence-electron chi connectivity index (χ3n) is 1.72. The summed E-state index contributed by atoms with van der Waals surface area (Å²) < 4.78 is 1.85. The van der Waals surface area contributed by atoms with Gasteiger partial charge in [-0.2, -0.15) is 0 Å². The summed E-state index contributed by atoms with van der Waals surface area (Å²) in [6.45, 7) is 0. The summed E-state index contributed by atoms with van der Waals surface area (Å²) in [6, 6.07) is 0. The molecular weight excluding hydrogens is 174 g/mol. The predicted octanol–water partition coefficient (Wildman–Crippen LogP) is 0.0887. The first-order chi connectivity index (χ1) is 5.68. The third-order valence-corrected chi connectivity index (χ3v) is 2.08. The molecule has 6 heteroatoms. The number of nitrogens with zero attached hydrogens (tertiary/aromatic N) is 3. The molecule has 0 saturated carbocycles. The molecule has 5 nitrogen and oxygen atoms in total. The molecule has 12 heavy (non-hydrogen) atoms. The quantitative estimate of drug-likeness (QED) is 0.499. The number of imidazole rings is 1. The Labute approximate surface area is 75.1 Å². The van der Waals surface area contributed by atoms with Crippen LogP contribution in [0.4, 0.5) is 5.82 Å². The molecule has 0 radical (unpaired) electrons. The average molecular weight is 183 g/mol. The zero-order valence-corrected chi connectivity index (χ0v) is 7.42. The molecule has 1 aliphatic rings. The van der Waals surface area contributed by atoms with E-state index in [0.29, 0.717) is 5.96 Å². The van der Waals surface area contributed by atoms with Gasteiger partial charge in [0.25, 0.3) is 0 Å². The lowest BCUT2D eigenvalue weighted by Crippen LogP contribution is -2.27. The van der Waals surface area contributed by atoms with Crippen LogP contribution in [0.25, 0.3) is 0 Å². The predicted molar refractivity (Wildman–Crippen MR) is 50.2 cm³/mol. The third kappa shape index (κ3) is 0.953. The zero-order valence-electron chi connectivity index (χ0n) is 6.52. The Morgan fingerprint density at radius 1 is 1.75 bits per heavy atom. The van der Waals surface area contributed by atoms with E-state index in [1.54, 1.807) is 6.33 Å². The normalized spacial score (nSPS) is 21.2. The fourth-order valence-corrected chi connectivity index (χ4v) is 1.45. The largest absolute Gasteiger partial charge is 0.370 e. The minimum Gasteiger partial charge on any atom is -0.370 e. The van der Waals surface area contributed by atoms with Gasteiger partial charge in [0.2, 0.25) is 0 Å². The lowest BCUT2D eigenvalue weighted by molar-refractivity contribution is 0.913. The van der Waals surface area contributed by atoms with E-state index in [9.17, 15) is 0 Å². The van der Waals surface area contributed by atoms with Gasteiger partial charge < -0.3 is 15.6 Å². The molecule has 0 spiro atoms. The molecule has 0 amide bonds. The molecule has 1 unspecified atom stereocenters. The number of aliphatic imine (C=N–C) groups is 1. The van der Waals surface area contributed by atoms with Gasteiger partial charge in [0.05, 0.1) is 6.33 Å². The maximum absolute atomic E-state index is 5.52. The van der Waals surface area contributed by atoms with E-state index in [0.717, 1.165) is 11.5 Å². The molecule has 0 fully saturated rings. The van der Waals surface area contributed by atoms with E-state index in [2.05, 4.69) is 27.9 Å². The molecule has 2 heterocycles. The summed E-state index contributed by atoms with van der Waals surface area (Å²) in [5, 5.41) is 2.67. The Bertz CT molecular complexity index is 342. The second-order valence-electron chi connectivity index (χ2n) is 2.60. The van der Waals surface area contributed by atoms with Crippen molar-refractivity contribution in [2.24, 2.45) is 17.8 Å². The highest BCUT2D eigenvalue weighted by molar-refractivity contribution is 7.80. The summed E-state index contributed by atoms with van der Waals surface area (Å²) in [7, 11) is 1.89. The number of rotatable bonds is 0. The van der Waals surface area contributed by atoms with Crippen molar-refractivity contribution in [2.45, 2.75) is 5.37 Å². The van der Waals surface area contributed by atoms with E-state index >= 15 is 0 Å². The van der Waals surface area contributed by atoms with Crippen LogP contribution in [-0.4, -0.2) is 15.5 Å². The Morgan fingerprint density at radius 2 is 2.50 bits per heavy atom. The average Bonchev–Trinajstić information content (AvgIpc) is 2.33. The van der Waals surface area contributed by atoms with E-state index in [1.165, 1.54) is 0 Å². The molecule has 2 rings (SSSR count). The molecule has 1 aromatic heterocycles. The molecule has 0 bridgehead atoms. The number of anilines is 1. The van der Waals surface area contributed by atoms with Crippen LogP contribution in [0.3, 0.4) is 0 Å². The summed E-state index contributed by atoms with van der Waals surface area (Å²) >= 11 is 4.23. The van der Waals surface area contributed by atoms with Crippen LogP contribution in [0, 0.1) is 0 Å². The molecule has 0 aliphatic carbocycles. The number of aromatic nitrogens is 2. The molecule has 1 aromatic rings. The van der Waals surface area contributed by atoms with Crippen LogP contribution in [0.15, 0.2) is 11.3 Å². The number of hydrogen-bond donors (Lipinski definition) is 3. The van der Waals surface area contributed by atoms with Gasteiger partial charge in [0.15, 0.2) is 5.96 Å². The minimum atomic E-state index is -0.248. The van der Waals surface area contributed by atoms with Crippen molar-refractivity contribution in [3.63, 3.8) is 0 Å². The molecular formula is C6H9N5S. The summed E-state index contributed by atoms with van der Waals surface area (Å²) in [5.41, 5.74) is 6.33. The highest BCUT2D eigenvalue weighted by Crippen LogP contribution is 2.29. The number of fused-ring (bicyclic) bond motifs is 1. The first-order valence-corrected chi connectivity index (χ1v) is 3.99. The molecule has 1 atom stereocenters. The highest BCUT2D eigenvalue weighted by atomic mass is 32.1. The minimum absolute atomic E-state index is 0.248. The number of thiol groups is 1. The van der Waals surface area contributed by atoms with Gasteiger partial charge >= 0.3 is 0 Å². The lowest BCUT2D eigenvalue weighted by atomic mass is 10.4. The Morgan fingerprint density at radius 3 is 3.25 bits per heavy atom. The smallest absolute Gasteiger partial charge is 0.195 e. The van der Waals surface area contributed by atoms with Crippen molar-refractivity contribution in [3.05, 3.63) is 12.0 Å². The maximum Gasteiger partial charge on any atom is 0.195 e. The van der Waals surface area contributed by atoms with Gasteiger partial charge in [-0.25, -0.2) is 9.98 Å². The molecule has 1 aliphatic heterocycles. The summed E-state index contributed by atoms with van der Waals surface area (Å²) in [6.07, 6.45) is 1.70. The fourth-order valence-electron chi connectivity index (χ4n) is 1.14. The number of aryl methyl sites for hydroxylation is 1. The Hall–Kier alpha value is -1.17. The van der Waals surface area contributed by atoms with Crippen molar-refractivity contribution in [1.82, 2.24) is 9.55 Å². The summed E-state index contributed by atoms with van der Waals surface area (Å²) in [5.74, 6) is 1.24. The first kappa shape index (κ1) is 7.48. The maximum atomic E-state index is 5.52. The van der Waals surface area contributed by atoms with Gasteiger partial charge in [-0.1, -0.05) is 0 Å². The highest BCUT2D eigenvalue weighted by Gasteiger charge is 2.20. The first-order valence-electron chi connectivity index (χ1n) is 3.48. The number of guanidine groups is 1. The monoisotopic (exact) mass is 183 g/mol. The van der Waals surface area contributed by atoms with Crippen LogP contribution in [0.1, 0.15) is 11.1 Å². The molecule has 0 saturated heterocycles. The molecule has 0 aromatic carbocycles. The van der Waals surface area contributed by atoms with Crippen LogP contribution in [-0.2, 0) is 7.05 Å². The SMILES string of the molecule is Cn1cnc2c1NC(N)=NC2S. The van der Waals surface area contributed by atoms with Crippen molar-refractivity contribution < 1.29 is 0 Å². The van der Waals surface area contributed by atoms with Crippen molar-refractivity contribution in [2.75, 3.05) is 5.32 Å². The van der Waals surface area contributed by atoms with E-state index in [-0.39, 0.29) is 5.37 Å². The standard InChI is InChI=1S/C6H9N5S/c1-11-2-8-3-4(11)9-6(7)10-5(3)12/h2,5,12H,1H3,(H3,7,9,10). The van der Waals surface area contributed by atoms with Crippen molar-refractivity contribution in [3.8, 4) is 0 Å². The summed E-state index contributed by atoms with van der Waals surface area (Å²) in [4.78, 5) is 8.14. The molecule has 3 N–H and O–H groups in total. The van der Waals surface area contributed by atoms with Crippen LogP contribution >= 0.6 is 12.6 Å². The van der Waals surface area contributed by atoms with Crippen LogP contribution in [0.5, 0.6) is 0 Å². The molecule has 64 valence electrons. The van der Waals surface area contributed by atoms with Gasteiger partial charge in [-0.15, -0.1) is 12.6 Å². The van der Waals surface area contributed by atoms with Gasteiger partial charge in [0.1, 0.15) is 16.9 Å². The second kappa shape index (κ2) is 2.41. The van der Waals surface area contributed by atoms with Crippen LogP contribution in [0.2, 0.25) is 0 Å². The van der Waals surface area contributed by atoms with Crippen molar-refractivity contribution >= 4 is 24.4 Å². The Balaban J connectivity index is 2.50. The number of hydrogen-bond acceptors (Lipinski definition) is 5. The lowest BCUT2D eigenvalue weighted by Gasteiger charge is -2.16. The number of nitrogens with two attached hydrogens (primary N) is 1. The van der Waals surface area contributed by atoms with E-state index in [1.807, 2.05) is 11.6 Å². The topological polar surface area (TPSA) is 68.2 Å². The zero-order chi connectivity index (χ0) is 8.72. The second-order valence-corrected chi connectivity index (χ2v) is 3.09. The van der Waals surface area contributed by atoms with Gasteiger partial charge in [-0.05, 0) is 0 Å². The van der Waals surface area contributed by atoms with Gasteiger partial charge in [-0.3, -0.25) is 0 Å².